The molecule has 0 radical (unpaired) electrons. The Kier molecular flexibility index (Phi) is 2.42. The van der Waals surface area contributed by atoms with E-state index in [1.165, 1.54) is 25.7 Å². The third kappa shape index (κ3) is 2.43. The van der Waals surface area contributed by atoms with Crippen LogP contribution in [0.4, 0.5) is 11.8 Å². The first-order chi connectivity index (χ1) is 7.81. The van der Waals surface area contributed by atoms with Crippen LogP contribution in [0.25, 0.3) is 0 Å². The average Bonchev–Trinajstić information content (AvgIpc) is 3.11. The van der Waals surface area contributed by atoms with Gasteiger partial charge in [-0.3, -0.25) is 0 Å². The molecule has 2 aliphatic carbocycles. The lowest BCUT2D eigenvalue weighted by atomic mass is 10.3. The molecule has 3 rings (SSSR count). The average molecular weight is 218 g/mol. The van der Waals surface area contributed by atoms with Gasteiger partial charge in [0.25, 0.3) is 0 Å². The summed E-state index contributed by atoms with van der Waals surface area (Å²) < 4.78 is 0. The Morgan fingerprint density at radius 3 is 2.31 bits per heavy atom. The number of rotatable bonds is 5. The Hall–Kier alpha value is -1.32. The van der Waals surface area contributed by atoms with E-state index in [-0.39, 0.29) is 0 Å². The lowest BCUT2D eigenvalue weighted by Gasteiger charge is -2.23. The van der Waals surface area contributed by atoms with Crippen molar-refractivity contribution in [3.8, 4) is 0 Å². The highest BCUT2D eigenvalue weighted by Gasteiger charge is 2.29. The van der Waals surface area contributed by atoms with Gasteiger partial charge in [0.2, 0.25) is 5.95 Å². The monoisotopic (exact) mass is 218 g/mol. The predicted octanol–water partition coefficient (Wildman–Crippen LogP) is 1.69. The van der Waals surface area contributed by atoms with Gasteiger partial charge in [0.05, 0.1) is 0 Å². The van der Waals surface area contributed by atoms with Crippen LogP contribution in [-0.2, 0) is 0 Å². The second-order valence-electron chi connectivity index (χ2n) is 5.06. The summed E-state index contributed by atoms with van der Waals surface area (Å²) in [5, 5.41) is 0. The molecule has 86 valence electrons. The van der Waals surface area contributed by atoms with Crippen LogP contribution in [0.2, 0.25) is 0 Å². The van der Waals surface area contributed by atoms with Crippen molar-refractivity contribution in [3.63, 3.8) is 0 Å². The summed E-state index contributed by atoms with van der Waals surface area (Å²) in [6, 6.07) is 1.97. The molecule has 2 aliphatic rings. The fraction of sp³-hybridized carbons (Fsp3) is 0.667. The minimum absolute atomic E-state index is 0.383. The first-order valence-electron chi connectivity index (χ1n) is 6.15. The molecule has 1 heterocycles. The van der Waals surface area contributed by atoms with Gasteiger partial charge in [0, 0.05) is 19.3 Å². The quantitative estimate of drug-likeness (QED) is 0.817. The maximum atomic E-state index is 5.64. The van der Waals surface area contributed by atoms with Crippen LogP contribution in [0.3, 0.4) is 0 Å². The van der Waals surface area contributed by atoms with Gasteiger partial charge in [0.15, 0.2) is 0 Å². The molecule has 0 unspecified atom stereocenters. The van der Waals surface area contributed by atoms with Crippen LogP contribution < -0.4 is 10.6 Å². The Balaban J connectivity index is 1.73. The molecule has 4 heteroatoms. The number of hydrogen-bond donors (Lipinski definition) is 1. The van der Waals surface area contributed by atoms with E-state index >= 15 is 0 Å². The first kappa shape index (κ1) is 9.87. The largest absolute Gasteiger partial charge is 0.368 e. The number of nitrogens with zero attached hydrogens (tertiary/aromatic N) is 3. The molecule has 0 bridgehead atoms. The Labute approximate surface area is 95.9 Å². The fourth-order valence-electron chi connectivity index (χ4n) is 2.03. The normalized spacial score (nSPS) is 19.8. The minimum Gasteiger partial charge on any atom is -0.368 e. The SMILES string of the molecule is Nc1nccc(N(CC2CC2)CC2CC2)n1. The van der Waals surface area contributed by atoms with E-state index < -0.39 is 0 Å². The molecule has 4 nitrogen and oxygen atoms in total. The highest BCUT2D eigenvalue weighted by Crippen LogP contribution is 2.35. The minimum atomic E-state index is 0.383. The lowest BCUT2D eigenvalue weighted by molar-refractivity contribution is 0.671. The van der Waals surface area contributed by atoms with Crippen LogP contribution in [0.5, 0.6) is 0 Å². The van der Waals surface area contributed by atoms with Gasteiger partial charge in [-0.25, -0.2) is 4.98 Å². The molecule has 16 heavy (non-hydrogen) atoms. The lowest BCUT2D eigenvalue weighted by Crippen LogP contribution is -2.29. The van der Waals surface area contributed by atoms with Gasteiger partial charge in [-0.05, 0) is 43.6 Å². The summed E-state index contributed by atoms with van der Waals surface area (Å²) in [7, 11) is 0. The number of nitrogen functional groups attached to an aromatic ring is 1. The van der Waals surface area contributed by atoms with Gasteiger partial charge in [-0.15, -0.1) is 0 Å². The van der Waals surface area contributed by atoms with E-state index in [9.17, 15) is 0 Å². The molecule has 2 N–H and O–H groups in total. The fourth-order valence-corrected chi connectivity index (χ4v) is 2.03. The van der Waals surface area contributed by atoms with Crippen molar-refractivity contribution in [1.29, 1.82) is 0 Å². The summed E-state index contributed by atoms with van der Waals surface area (Å²) in [5.41, 5.74) is 5.64. The predicted molar refractivity (Wildman–Crippen MR) is 64.1 cm³/mol. The summed E-state index contributed by atoms with van der Waals surface area (Å²) in [5.74, 6) is 3.16. The number of aromatic nitrogens is 2. The molecule has 0 aliphatic heterocycles. The highest BCUT2D eigenvalue weighted by molar-refractivity contribution is 5.41. The van der Waals surface area contributed by atoms with Crippen LogP contribution in [0, 0.1) is 11.8 Å². The zero-order valence-corrected chi connectivity index (χ0v) is 9.47. The maximum absolute atomic E-state index is 5.64. The van der Waals surface area contributed by atoms with Gasteiger partial charge >= 0.3 is 0 Å². The van der Waals surface area contributed by atoms with Gasteiger partial charge in [-0.2, -0.15) is 4.98 Å². The van der Waals surface area contributed by atoms with Crippen molar-refractivity contribution in [2.24, 2.45) is 11.8 Å². The van der Waals surface area contributed by atoms with E-state index in [1.807, 2.05) is 6.07 Å². The van der Waals surface area contributed by atoms with Gasteiger partial charge in [-0.1, -0.05) is 0 Å². The summed E-state index contributed by atoms with van der Waals surface area (Å²) >= 11 is 0. The van der Waals surface area contributed by atoms with E-state index in [1.54, 1.807) is 6.20 Å². The molecule has 2 saturated carbocycles. The van der Waals surface area contributed by atoms with Crippen molar-refractivity contribution in [2.45, 2.75) is 25.7 Å². The van der Waals surface area contributed by atoms with Crippen LogP contribution in [0.1, 0.15) is 25.7 Å². The van der Waals surface area contributed by atoms with Crippen molar-refractivity contribution in [1.82, 2.24) is 9.97 Å². The zero-order chi connectivity index (χ0) is 11.0. The molecule has 0 amide bonds. The molecule has 1 aromatic heterocycles. The molecular weight excluding hydrogens is 200 g/mol. The smallest absolute Gasteiger partial charge is 0.221 e. The maximum Gasteiger partial charge on any atom is 0.221 e. The number of hydrogen-bond acceptors (Lipinski definition) is 4. The molecule has 1 aromatic rings. The van der Waals surface area contributed by atoms with E-state index in [2.05, 4.69) is 14.9 Å². The molecule has 0 aromatic carbocycles. The zero-order valence-electron chi connectivity index (χ0n) is 9.47. The molecular formula is C12H18N4. The summed E-state index contributed by atoms with van der Waals surface area (Å²) in [6.45, 7) is 2.29. The van der Waals surface area contributed by atoms with E-state index in [0.717, 1.165) is 30.7 Å². The van der Waals surface area contributed by atoms with E-state index in [4.69, 9.17) is 5.73 Å². The number of nitrogens with two attached hydrogens (primary N) is 1. The Bertz CT molecular complexity index is 357. The Morgan fingerprint density at radius 2 is 1.81 bits per heavy atom. The van der Waals surface area contributed by atoms with Crippen molar-refractivity contribution < 1.29 is 0 Å². The highest BCUT2D eigenvalue weighted by atomic mass is 15.2. The van der Waals surface area contributed by atoms with Crippen molar-refractivity contribution in [2.75, 3.05) is 23.7 Å². The first-order valence-corrected chi connectivity index (χ1v) is 6.15. The topological polar surface area (TPSA) is 55.0 Å². The van der Waals surface area contributed by atoms with Crippen LogP contribution in [0.15, 0.2) is 12.3 Å². The number of anilines is 2. The van der Waals surface area contributed by atoms with E-state index in [0.29, 0.717) is 5.95 Å². The molecule has 0 saturated heterocycles. The van der Waals surface area contributed by atoms with Gasteiger partial charge < -0.3 is 10.6 Å². The van der Waals surface area contributed by atoms with Crippen molar-refractivity contribution in [3.05, 3.63) is 12.3 Å². The van der Waals surface area contributed by atoms with Crippen LogP contribution in [-0.4, -0.2) is 23.1 Å². The summed E-state index contributed by atoms with van der Waals surface area (Å²) in [6.07, 6.45) is 7.26. The van der Waals surface area contributed by atoms with Crippen LogP contribution >= 0.6 is 0 Å². The molecule has 0 atom stereocenters. The molecule has 0 spiro atoms. The second kappa shape index (κ2) is 3.92. The molecule has 2 fully saturated rings. The third-order valence-corrected chi connectivity index (χ3v) is 3.33. The van der Waals surface area contributed by atoms with Crippen molar-refractivity contribution >= 4 is 11.8 Å². The van der Waals surface area contributed by atoms with Gasteiger partial charge in [0.1, 0.15) is 5.82 Å². The standard InChI is InChI=1S/C12H18N4/c13-12-14-6-5-11(15-12)16(7-9-1-2-9)8-10-3-4-10/h5-6,9-10H,1-4,7-8H2,(H2,13,14,15). The second-order valence-corrected chi connectivity index (χ2v) is 5.06. The summed E-state index contributed by atoms with van der Waals surface area (Å²) in [4.78, 5) is 10.7. The third-order valence-electron chi connectivity index (χ3n) is 3.33. The Morgan fingerprint density at radius 1 is 1.19 bits per heavy atom.